The van der Waals surface area contributed by atoms with Gasteiger partial charge in [0.25, 0.3) is 5.91 Å². The minimum atomic E-state index is -0.0524. The van der Waals surface area contributed by atoms with E-state index >= 15 is 0 Å². The molecule has 9 nitrogen and oxygen atoms in total. The zero-order valence-corrected chi connectivity index (χ0v) is 18.7. The molecule has 4 aromatic rings. The van der Waals surface area contributed by atoms with Gasteiger partial charge in [-0.15, -0.1) is 0 Å². The Labute approximate surface area is 197 Å². The highest BCUT2D eigenvalue weighted by atomic mass is 16.5. The Morgan fingerprint density at radius 3 is 2.71 bits per heavy atom. The summed E-state index contributed by atoms with van der Waals surface area (Å²) < 4.78 is 13.0. The van der Waals surface area contributed by atoms with Crippen molar-refractivity contribution in [2.45, 2.75) is 18.8 Å². The van der Waals surface area contributed by atoms with Crippen molar-refractivity contribution in [1.82, 2.24) is 29.6 Å². The predicted molar refractivity (Wildman–Crippen MR) is 124 cm³/mol. The van der Waals surface area contributed by atoms with Crippen molar-refractivity contribution in [2.24, 2.45) is 0 Å². The number of likely N-dealkylation sites (tertiary alicyclic amines) is 1. The third kappa shape index (κ3) is 4.59. The second kappa shape index (κ2) is 9.70. The maximum atomic E-state index is 13.2. The fraction of sp³-hybridized carbons (Fsp3) is 0.240. The van der Waals surface area contributed by atoms with Gasteiger partial charge in [-0.25, -0.2) is 14.6 Å². The highest BCUT2D eigenvalue weighted by molar-refractivity contribution is 5.94. The van der Waals surface area contributed by atoms with Crippen molar-refractivity contribution in [3.8, 4) is 23.2 Å². The number of hydrogen-bond donors (Lipinski definition) is 0. The van der Waals surface area contributed by atoms with Crippen LogP contribution in [0.2, 0.25) is 0 Å². The number of methoxy groups -OCH3 is 1. The molecule has 3 aromatic heterocycles. The first-order valence-electron chi connectivity index (χ1n) is 11.1. The molecule has 1 aliphatic heterocycles. The monoisotopic (exact) mass is 456 g/mol. The Balaban J connectivity index is 1.32. The van der Waals surface area contributed by atoms with Crippen LogP contribution in [0.25, 0.3) is 5.82 Å². The van der Waals surface area contributed by atoms with Gasteiger partial charge in [-0.2, -0.15) is 5.10 Å². The Bertz CT molecular complexity index is 1260. The molecular formula is C25H24N6O3. The molecule has 1 aromatic carbocycles. The summed E-state index contributed by atoms with van der Waals surface area (Å²) >= 11 is 0. The van der Waals surface area contributed by atoms with Crippen LogP contribution < -0.4 is 9.47 Å². The zero-order chi connectivity index (χ0) is 23.3. The van der Waals surface area contributed by atoms with E-state index in [0.29, 0.717) is 41.8 Å². The normalized spacial score (nSPS) is 15.7. The highest BCUT2D eigenvalue weighted by Gasteiger charge is 2.29. The van der Waals surface area contributed by atoms with Crippen molar-refractivity contribution < 1.29 is 14.3 Å². The first kappa shape index (κ1) is 21.6. The van der Waals surface area contributed by atoms with Crippen LogP contribution in [-0.2, 0) is 0 Å². The summed E-state index contributed by atoms with van der Waals surface area (Å²) in [5, 5.41) is 4.17. The largest absolute Gasteiger partial charge is 0.497 e. The van der Waals surface area contributed by atoms with Gasteiger partial charge in [0.15, 0.2) is 5.82 Å². The maximum absolute atomic E-state index is 13.2. The van der Waals surface area contributed by atoms with E-state index in [9.17, 15) is 4.79 Å². The molecule has 0 radical (unpaired) electrons. The molecule has 0 spiro atoms. The molecule has 4 heterocycles. The molecule has 1 aliphatic rings. The summed E-state index contributed by atoms with van der Waals surface area (Å²) in [7, 11) is 1.61. The van der Waals surface area contributed by atoms with Gasteiger partial charge < -0.3 is 14.4 Å². The van der Waals surface area contributed by atoms with E-state index in [4.69, 9.17) is 9.47 Å². The van der Waals surface area contributed by atoms with Gasteiger partial charge in [0.2, 0.25) is 5.88 Å². The van der Waals surface area contributed by atoms with Gasteiger partial charge >= 0.3 is 0 Å². The molecule has 9 heteroatoms. The first-order chi connectivity index (χ1) is 16.7. The van der Waals surface area contributed by atoms with E-state index in [1.165, 1.54) is 0 Å². The number of pyridine rings is 1. The molecule has 1 amide bonds. The Morgan fingerprint density at radius 2 is 1.91 bits per heavy atom. The third-order valence-electron chi connectivity index (χ3n) is 5.78. The van der Waals surface area contributed by atoms with Crippen LogP contribution in [0.3, 0.4) is 0 Å². The molecule has 172 valence electrons. The first-order valence-corrected chi connectivity index (χ1v) is 11.1. The molecular weight excluding hydrogens is 432 g/mol. The van der Waals surface area contributed by atoms with Gasteiger partial charge in [0, 0.05) is 56.1 Å². The zero-order valence-electron chi connectivity index (χ0n) is 18.7. The number of carbonyl (C=O) groups is 1. The van der Waals surface area contributed by atoms with Crippen LogP contribution in [-0.4, -0.2) is 55.7 Å². The smallest absolute Gasteiger partial charge is 0.255 e. The molecule has 1 atom stereocenters. The van der Waals surface area contributed by atoms with E-state index in [-0.39, 0.29) is 11.8 Å². The second-order valence-electron chi connectivity index (χ2n) is 7.97. The molecule has 0 bridgehead atoms. The minimum absolute atomic E-state index is 0.0170. The van der Waals surface area contributed by atoms with Crippen LogP contribution in [0.1, 0.15) is 34.8 Å². The number of aromatic nitrogens is 5. The minimum Gasteiger partial charge on any atom is -0.497 e. The summed E-state index contributed by atoms with van der Waals surface area (Å²) in [5.41, 5.74) is 1.29. The van der Waals surface area contributed by atoms with Crippen molar-refractivity contribution >= 4 is 5.91 Å². The fourth-order valence-corrected chi connectivity index (χ4v) is 4.09. The van der Waals surface area contributed by atoms with Crippen molar-refractivity contribution in [3.05, 3.63) is 84.7 Å². The Kier molecular flexibility index (Phi) is 6.15. The topological polar surface area (TPSA) is 95.3 Å². The maximum Gasteiger partial charge on any atom is 0.255 e. The van der Waals surface area contributed by atoms with Gasteiger partial charge in [-0.05, 0) is 43.2 Å². The van der Waals surface area contributed by atoms with E-state index < -0.39 is 0 Å². The van der Waals surface area contributed by atoms with Crippen LogP contribution >= 0.6 is 0 Å². The number of carbonyl (C=O) groups excluding carboxylic acids is 1. The van der Waals surface area contributed by atoms with Crippen molar-refractivity contribution in [3.63, 3.8) is 0 Å². The lowest BCUT2D eigenvalue weighted by Crippen LogP contribution is -2.39. The fourth-order valence-electron chi connectivity index (χ4n) is 4.09. The van der Waals surface area contributed by atoms with Crippen LogP contribution in [0.15, 0.2) is 73.4 Å². The summed E-state index contributed by atoms with van der Waals surface area (Å²) in [4.78, 5) is 28.4. The van der Waals surface area contributed by atoms with Gasteiger partial charge in [0.05, 0.1) is 12.7 Å². The molecule has 1 saturated heterocycles. The van der Waals surface area contributed by atoms with Crippen molar-refractivity contribution in [1.29, 1.82) is 0 Å². The van der Waals surface area contributed by atoms with Gasteiger partial charge in [-0.1, -0.05) is 6.07 Å². The lowest BCUT2D eigenvalue weighted by atomic mass is 9.94. The predicted octanol–water partition coefficient (Wildman–Crippen LogP) is 3.88. The number of piperidine rings is 1. The number of hydrogen-bond acceptors (Lipinski definition) is 7. The number of rotatable bonds is 6. The summed E-state index contributed by atoms with van der Waals surface area (Å²) in [6.45, 7) is 1.22. The van der Waals surface area contributed by atoms with E-state index in [0.717, 1.165) is 18.5 Å². The number of amides is 1. The standard InChI is InChI=1S/C25H24N6O3/c1-33-20-6-2-7-21(15-20)34-24-23(26-11-12-27-24)19-5-3-13-30(17-19)25(32)18-8-9-22(28-16-18)31-14-4-10-29-31/h2,4,6-12,14-16,19H,3,5,13,17H2,1H3/t19-/m0/s1. The van der Waals surface area contributed by atoms with E-state index in [1.807, 2.05) is 35.4 Å². The second-order valence-corrected chi connectivity index (χ2v) is 7.97. The quantitative estimate of drug-likeness (QED) is 0.434. The Morgan fingerprint density at radius 1 is 1.03 bits per heavy atom. The van der Waals surface area contributed by atoms with Crippen LogP contribution in [0.4, 0.5) is 0 Å². The van der Waals surface area contributed by atoms with Gasteiger partial charge in [0.1, 0.15) is 17.2 Å². The lowest BCUT2D eigenvalue weighted by molar-refractivity contribution is 0.0704. The van der Waals surface area contributed by atoms with Crippen LogP contribution in [0.5, 0.6) is 17.4 Å². The summed E-state index contributed by atoms with van der Waals surface area (Å²) in [6, 6.07) is 12.8. The van der Waals surface area contributed by atoms with Crippen LogP contribution in [0, 0.1) is 0 Å². The average Bonchev–Trinajstić information content (AvgIpc) is 3.44. The van der Waals surface area contributed by atoms with Crippen molar-refractivity contribution in [2.75, 3.05) is 20.2 Å². The lowest BCUT2D eigenvalue weighted by Gasteiger charge is -2.32. The number of nitrogens with zero attached hydrogens (tertiary/aromatic N) is 6. The summed E-state index contributed by atoms with van der Waals surface area (Å²) in [6.07, 6.45) is 10.1. The molecule has 5 rings (SSSR count). The molecule has 0 aliphatic carbocycles. The highest BCUT2D eigenvalue weighted by Crippen LogP contribution is 2.33. The molecule has 0 saturated carbocycles. The SMILES string of the molecule is COc1cccc(Oc2nccnc2[C@H]2CCCN(C(=O)c3ccc(-n4cccn4)nc3)C2)c1. The Hall–Kier alpha value is -4.27. The number of ether oxygens (including phenoxy) is 2. The third-order valence-corrected chi connectivity index (χ3v) is 5.78. The number of benzene rings is 1. The molecule has 0 unspecified atom stereocenters. The van der Waals surface area contributed by atoms with E-state index in [1.54, 1.807) is 54.8 Å². The average molecular weight is 457 g/mol. The van der Waals surface area contributed by atoms with Gasteiger partial charge in [-0.3, -0.25) is 9.78 Å². The molecule has 0 N–H and O–H groups in total. The molecule has 34 heavy (non-hydrogen) atoms. The summed E-state index contributed by atoms with van der Waals surface area (Å²) in [5.74, 6) is 2.39. The molecule has 1 fully saturated rings. The van der Waals surface area contributed by atoms with E-state index in [2.05, 4.69) is 20.1 Å².